The molecule has 1 unspecified atom stereocenters. The molecule has 1 atom stereocenters. The molecule has 0 radical (unpaired) electrons. The molecule has 3 heterocycles. The summed E-state index contributed by atoms with van der Waals surface area (Å²) in [5.41, 5.74) is 2.57. The number of aromatic nitrogens is 2. The van der Waals surface area contributed by atoms with Crippen LogP contribution in [0.5, 0.6) is 0 Å². The SMILES string of the molecule is Cc1ccc(C(O)CNCC2CN(c3cc4c(nn3)CCCC4)C2)o1. The highest BCUT2D eigenvalue weighted by atomic mass is 16.4. The maximum atomic E-state index is 10.1. The van der Waals surface area contributed by atoms with Gasteiger partial charge >= 0.3 is 0 Å². The number of furan rings is 1. The van der Waals surface area contributed by atoms with Gasteiger partial charge in [0.25, 0.3) is 0 Å². The summed E-state index contributed by atoms with van der Waals surface area (Å²) in [6.07, 6.45) is 4.13. The smallest absolute Gasteiger partial charge is 0.151 e. The van der Waals surface area contributed by atoms with Gasteiger partial charge in [0, 0.05) is 32.1 Å². The summed E-state index contributed by atoms with van der Waals surface area (Å²) in [7, 11) is 0. The van der Waals surface area contributed by atoms with E-state index in [1.165, 1.54) is 24.1 Å². The summed E-state index contributed by atoms with van der Waals surface area (Å²) < 4.78 is 5.45. The lowest BCUT2D eigenvalue weighted by Crippen LogP contribution is -2.51. The zero-order chi connectivity index (χ0) is 17.2. The molecule has 2 aromatic heterocycles. The Labute approximate surface area is 148 Å². The lowest BCUT2D eigenvalue weighted by atomic mass is 9.95. The van der Waals surface area contributed by atoms with Gasteiger partial charge in [0.1, 0.15) is 17.6 Å². The molecule has 6 nitrogen and oxygen atoms in total. The van der Waals surface area contributed by atoms with Crippen LogP contribution in [0.25, 0.3) is 0 Å². The predicted octanol–water partition coefficient (Wildman–Crippen LogP) is 2.02. The highest BCUT2D eigenvalue weighted by Crippen LogP contribution is 2.26. The average Bonchev–Trinajstić information content (AvgIpc) is 3.03. The lowest BCUT2D eigenvalue weighted by Gasteiger charge is -2.40. The van der Waals surface area contributed by atoms with Gasteiger partial charge in [0.05, 0.1) is 5.69 Å². The topological polar surface area (TPSA) is 74.4 Å². The Morgan fingerprint density at radius 1 is 1.28 bits per heavy atom. The Kier molecular flexibility index (Phi) is 4.72. The number of nitrogens with one attached hydrogen (secondary N) is 1. The molecule has 0 bridgehead atoms. The minimum Gasteiger partial charge on any atom is -0.464 e. The maximum absolute atomic E-state index is 10.1. The van der Waals surface area contributed by atoms with Crippen LogP contribution in [0.1, 0.15) is 41.7 Å². The summed E-state index contributed by atoms with van der Waals surface area (Å²) in [5, 5.41) is 22.3. The van der Waals surface area contributed by atoms with Crippen molar-refractivity contribution >= 4 is 5.82 Å². The zero-order valence-electron chi connectivity index (χ0n) is 14.7. The van der Waals surface area contributed by atoms with Crippen molar-refractivity contribution in [2.45, 2.75) is 38.7 Å². The molecule has 0 aromatic carbocycles. The Morgan fingerprint density at radius 3 is 2.92 bits per heavy atom. The van der Waals surface area contributed by atoms with Crippen LogP contribution in [0.3, 0.4) is 0 Å². The monoisotopic (exact) mass is 342 g/mol. The molecule has 0 amide bonds. The number of aliphatic hydroxyl groups excluding tert-OH is 1. The van der Waals surface area contributed by atoms with Gasteiger partial charge in [-0.1, -0.05) is 0 Å². The van der Waals surface area contributed by atoms with Crippen LogP contribution in [0.15, 0.2) is 22.6 Å². The van der Waals surface area contributed by atoms with E-state index >= 15 is 0 Å². The summed E-state index contributed by atoms with van der Waals surface area (Å²) in [4.78, 5) is 2.29. The molecular weight excluding hydrogens is 316 g/mol. The molecule has 1 saturated heterocycles. The quantitative estimate of drug-likeness (QED) is 0.837. The van der Waals surface area contributed by atoms with Crippen molar-refractivity contribution in [1.82, 2.24) is 15.5 Å². The van der Waals surface area contributed by atoms with Crippen LogP contribution in [0.4, 0.5) is 5.82 Å². The maximum Gasteiger partial charge on any atom is 0.151 e. The van der Waals surface area contributed by atoms with Crippen LogP contribution in [0.2, 0.25) is 0 Å². The van der Waals surface area contributed by atoms with Crippen molar-refractivity contribution in [3.63, 3.8) is 0 Å². The predicted molar refractivity (Wildman–Crippen MR) is 95.7 cm³/mol. The zero-order valence-corrected chi connectivity index (χ0v) is 14.7. The summed E-state index contributed by atoms with van der Waals surface area (Å²) in [6.45, 7) is 5.29. The van der Waals surface area contributed by atoms with Crippen molar-refractivity contribution < 1.29 is 9.52 Å². The van der Waals surface area contributed by atoms with Gasteiger partial charge in [0.15, 0.2) is 5.82 Å². The molecule has 2 aliphatic rings. The second kappa shape index (κ2) is 7.14. The van der Waals surface area contributed by atoms with Crippen LogP contribution in [-0.4, -0.2) is 41.5 Å². The first-order valence-electron chi connectivity index (χ1n) is 9.24. The van der Waals surface area contributed by atoms with E-state index in [1.807, 2.05) is 19.1 Å². The number of aryl methyl sites for hydroxylation is 3. The van der Waals surface area contributed by atoms with E-state index in [0.717, 1.165) is 44.1 Å². The van der Waals surface area contributed by atoms with Gasteiger partial charge in [-0.05, 0) is 56.4 Å². The van der Waals surface area contributed by atoms with E-state index in [-0.39, 0.29) is 0 Å². The second-order valence-corrected chi connectivity index (χ2v) is 7.28. The molecule has 0 saturated carbocycles. The first-order chi connectivity index (χ1) is 12.2. The van der Waals surface area contributed by atoms with Crippen molar-refractivity contribution in [1.29, 1.82) is 0 Å². The Bertz CT molecular complexity index is 724. The van der Waals surface area contributed by atoms with Crippen LogP contribution < -0.4 is 10.2 Å². The molecule has 6 heteroatoms. The summed E-state index contributed by atoms with van der Waals surface area (Å²) in [6, 6.07) is 5.94. The number of hydrogen-bond acceptors (Lipinski definition) is 6. The van der Waals surface area contributed by atoms with E-state index in [4.69, 9.17) is 4.42 Å². The van der Waals surface area contributed by atoms with Crippen LogP contribution >= 0.6 is 0 Å². The van der Waals surface area contributed by atoms with Crippen molar-refractivity contribution in [3.8, 4) is 0 Å². The molecule has 25 heavy (non-hydrogen) atoms. The average molecular weight is 342 g/mol. The van der Waals surface area contributed by atoms with Gasteiger partial charge in [0.2, 0.25) is 0 Å². The minimum absolute atomic E-state index is 0.516. The third kappa shape index (κ3) is 3.70. The van der Waals surface area contributed by atoms with Gasteiger partial charge in [-0.25, -0.2) is 0 Å². The van der Waals surface area contributed by atoms with Gasteiger partial charge in [-0.15, -0.1) is 5.10 Å². The molecule has 2 aromatic rings. The van der Waals surface area contributed by atoms with E-state index in [9.17, 15) is 5.11 Å². The first-order valence-corrected chi connectivity index (χ1v) is 9.24. The third-order valence-corrected chi connectivity index (χ3v) is 5.20. The Balaban J connectivity index is 1.21. The minimum atomic E-state index is -0.587. The normalized spacial score (nSPS) is 18.7. The highest BCUT2D eigenvalue weighted by Gasteiger charge is 2.28. The fourth-order valence-corrected chi connectivity index (χ4v) is 3.68. The molecule has 134 valence electrons. The number of rotatable bonds is 6. The fourth-order valence-electron chi connectivity index (χ4n) is 3.68. The molecule has 0 spiro atoms. The van der Waals surface area contributed by atoms with Crippen LogP contribution in [-0.2, 0) is 12.8 Å². The summed E-state index contributed by atoms with van der Waals surface area (Å²) >= 11 is 0. The number of aliphatic hydroxyl groups is 1. The van der Waals surface area contributed by atoms with E-state index in [2.05, 4.69) is 26.5 Å². The third-order valence-electron chi connectivity index (χ3n) is 5.20. The number of nitrogens with zero attached hydrogens (tertiary/aromatic N) is 3. The first kappa shape index (κ1) is 16.5. The highest BCUT2D eigenvalue weighted by molar-refractivity contribution is 5.44. The van der Waals surface area contributed by atoms with Gasteiger partial charge < -0.3 is 19.7 Å². The number of fused-ring (bicyclic) bond motifs is 1. The van der Waals surface area contributed by atoms with Crippen molar-refractivity contribution in [3.05, 3.63) is 41.0 Å². The number of anilines is 1. The van der Waals surface area contributed by atoms with Gasteiger partial charge in [-0.3, -0.25) is 0 Å². The van der Waals surface area contributed by atoms with E-state index in [0.29, 0.717) is 18.2 Å². The van der Waals surface area contributed by atoms with E-state index < -0.39 is 6.10 Å². The lowest BCUT2D eigenvalue weighted by molar-refractivity contribution is 0.144. The van der Waals surface area contributed by atoms with Crippen molar-refractivity contribution in [2.75, 3.05) is 31.1 Å². The standard InChI is InChI=1S/C19H26N4O2/c1-13-6-7-18(25-13)17(24)10-20-9-14-11-23(12-14)19-8-15-4-2-3-5-16(15)21-22-19/h6-8,14,17,20,24H,2-5,9-12H2,1H3. The Morgan fingerprint density at radius 2 is 2.12 bits per heavy atom. The van der Waals surface area contributed by atoms with E-state index in [1.54, 1.807) is 0 Å². The Hall–Kier alpha value is -1.92. The largest absolute Gasteiger partial charge is 0.464 e. The molecule has 2 N–H and O–H groups in total. The molecule has 4 rings (SSSR count). The van der Waals surface area contributed by atoms with Crippen LogP contribution in [0, 0.1) is 12.8 Å². The fraction of sp³-hybridized carbons (Fsp3) is 0.579. The molecule has 1 aliphatic carbocycles. The van der Waals surface area contributed by atoms with Crippen molar-refractivity contribution in [2.24, 2.45) is 5.92 Å². The second-order valence-electron chi connectivity index (χ2n) is 7.28. The molecule has 1 aliphatic heterocycles. The molecule has 1 fully saturated rings. The molecular formula is C19H26N4O2. The summed E-state index contributed by atoms with van der Waals surface area (Å²) in [5.74, 6) is 3.06. The van der Waals surface area contributed by atoms with Gasteiger partial charge in [-0.2, -0.15) is 5.10 Å². The number of hydrogen-bond donors (Lipinski definition) is 2.